The Morgan fingerprint density at radius 3 is 2.89 bits per heavy atom. The largest absolute Gasteiger partial charge is 0.497 e. The summed E-state index contributed by atoms with van der Waals surface area (Å²) in [5.74, 6) is 1.10. The molecule has 0 radical (unpaired) electrons. The van der Waals surface area contributed by atoms with E-state index in [1.165, 1.54) is 6.20 Å². The van der Waals surface area contributed by atoms with E-state index in [0.29, 0.717) is 16.3 Å². The van der Waals surface area contributed by atoms with E-state index in [0.717, 1.165) is 15.8 Å². The predicted octanol–water partition coefficient (Wildman–Crippen LogP) is 2.74. The standard InChI is InChI=1S/C13H13BrN2O2S/c1-18-10-2-3-11(14)9(6-10)8-19(17)13-4-5-16-7-12(13)15/h2-7H,8,15H2,1H3. The molecule has 0 aliphatic rings. The summed E-state index contributed by atoms with van der Waals surface area (Å²) in [6, 6.07) is 7.26. The van der Waals surface area contributed by atoms with Crippen LogP contribution in [0.15, 0.2) is 46.0 Å². The number of ether oxygens (including phenoxy) is 1. The topological polar surface area (TPSA) is 65.2 Å². The highest BCUT2D eigenvalue weighted by Gasteiger charge is 2.11. The first-order valence-corrected chi connectivity index (χ1v) is 7.63. The fourth-order valence-electron chi connectivity index (χ4n) is 1.61. The first-order chi connectivity index (χ1) is 9.11. The number of nitrogen functional groups attached to an aromatic ring is 1. The maximum atomic E-state index is 12.3. The maximum Gasteiger partial charge on any atom is 0.119 e. The molecule has 2 aromatic rings. The number of methoxy groups -OCH3 is 1. The minimum atomic E-state index is -1.22. The van der Waals surface area contributed by atoms with Crippen LogP contribution in [0.3, 0.4) is 0 Å². The summed E-state index contributed by atoms with van der Waals surface area (Å²) in [6.07, 6.45) is 3.10. The SMILES string of the molecule is COc1ccc(Br)c(CS(=O)c2ccncc2N)c1. The molecule has 4 nitrogen and oxygen atoms in total. The molecule has 6 heteroatoms. The van der Waals surface area contributed by atoms with E-state index in [4.69, 9.17) is 10.5 Å². The van der Waals surface area contributed by atoms with Gasteiger partial charge in [-0.3, -0.25) is 9.19 Å². The van der Waals surface area contributed by atoms with Crippen molar-refractivity contribution in [3.8, 4) is 5.75 Å². The molecule has 0 fully saturated rings. The number of hydrogen-bond acceptors (Lipinski definition) is 4. The zero-order valence-corrected chi connectivity index (χ0v) is 12.7. The van der Waals surface area contributed by atoms with Crippen molar-refractivity contribution in [2.45, 2.75) is 10.6 Å². The van der Waals surface area contributed by atoms with Crippen molar-refractivity contribution in [3.05, 3.63) is 46.7 Å². The highest BCUT2D eigenvalue weighted by Crippen LogP contribution is 2.26. The van der Waals surface area contributed by atoms with Gasteiger partial charge in [0.25, 0.3) is 0 Å². The summed E-state index contributed by atoms with van der Waals surface area (Å²) >= 11 is 3.45. The van der Waals surface area contributed by atoms with Crippen LogP contribution in [-0.4, -0.2) is 16.3 Å². The number of nitrogens with two attached hydrogens (primary N) is 1. The van der Waals surface area contributed by atoms with Gasteiger partial charge in [0.2, 0.25) is 0 Å². The fourth-order valence-corrected chi connectivity index (χ4v) is 3.39. The molecule has 0 aliphatic heterocycles. The molecule has 1 aromatic heterocycles. The second-order valence-corrected chi connectivity index (χ2v) is 6.13. The Morgan fingerprint density at radius 1 is 1.42 bits per heavy atom. The van der Waals surface area contributed by atoms with E-state index in [-0.39, 0.29) is 0 Å². The van der Waals surface area contributed by atoms with E-state index in [1.807, 2.05) is 18.2 Å². The number of halogens is 1. The van der Waals surface area contributed by atoms with E-state index in [1.54, 1.807) is 19.4 Å². The number of aromatic nitrogens is 1. The van der Waals surface area contributed by atoms with Gasteiger partial charge in [-0.1, -0.05) is 15.9 Å². The lowest BCUT2D eigenvalue weighted by atomic mass is 10.2. The lowest BCUT2D eigenvalue weighted by Gasteiger charge is -2.08. The number of nitrogens with zero attached hydrogens (tertiary/aromatic N) is 1. The van der Waals surface area contributed by atoms with Crippen molar-refractivity contribution in [1.29, 1.82) is 0 Å². The van der Waals surface area contributed by atoms with Crippen LogP contribution in [0.1, 0.15) is 5.56 Å². The molecule has 1 heterocycles. The van der Waals surface area contributed by atoms with Crippen LogP contribution >= 0.6 is 15.9 Å². The molecular formula is C13H13BrN2O2S. The van der Waals surface area contributed by atoms with E-state index in [9.17, 15) is 4.21 Å². The molecule has 2 rings (SSSR count). The quantitative estimate of drug-likeness (QED) is 0.929. The normalized spacial score (nSPS) is 12.1. The number of pyridine rings is 1. The van der Waals surface area contributed by atoms with Gasteiger partial charge in [0.1, 0.15) is 5.75 Å². The van der Waals surface area contributed by atoms with Crippen LogP contribution in [0.25, 0.3) is 0 Å². The molecule has 100 valence electrons. The van der Waals surface area contributed by atoms with Gasteiger partial charge >= 0.3 is 0 Å². The molecule has 0 bridgehead atoms. The molecule has 0 spiro atoms. The minimum Gasteiger partial charge on any atom is -0.497 e. The van der Waals surface area contributed by atoms with Gasteiger partial charge in [0.05, 0.1) is 40.4 Å². The molecular weight excluding hydrogens is 328 g/mol. The lowest BCUT2D eigenvalue weighted by Crippen LogP contribution is -2.02. The van der Waals surface area contributed by atoms with Gasteiger partial charge in [-0.05, 0) is 29.8 Å². The summed E-state index contributed by atoms with van der Waals surface area (Å²) in [4.78, 5) is 4.49. The Hall–Kier alpha value is -1.40. The van der Waals surface area contributed by atoms with Crippen molar-refractivity contribution in [2.75, 3.05) is 12.8 Å². The second-order valence-electron chi connectivity index (χ2n) is 3.86. The van der Waals surface area contributed by atoms with Crippen LogP contribution in [0.5, 0.6) is 5.75 Å². The smallest absolute Gasteiger partial charge is 0.119 e. The van der Waals surface area contributed by atoms with Gasteiger partial charge in [0.15, 0.2) is 0 Å². The molecule has 0 aliphatic carbocycles. The number of benzene rings is 1. The van der Waals surface area contributed by atoms with Crippen molar-refractivity contribution in [1.82, 2.24) is 4.98 Å². The molecule has 1 unspecified atom stereocenters. The molecule has 2 N–H and O–H groups in total. The van der Waals surface area contributed by atoms with Crippen molar-refractivity contribution >= 4 is 32.4 Å². The third kappa shape index (κ3) is 3.33. The Labute approximate surface area is 122 Å². The number of rotatable bonds is 4. The highest BCUT2D eigenvalue weighted by molar-refractivity contribution is 9.10. The predicted molar refractivity (Wildman–Crippen MR) is 79.5 cm³/mol. The Morgan fingerprint density at radius 2 is 2.21 bits per heavy atom. The Bertz CT molecular complexity index is 619. The zero-order chi connectivity index (χ0) is 13.8. The molecule has 0 saturated carbocycles. The van der Waals surface area contributed by atoms with Crippen LogP contribution < -0.4 is 10.5 Å². The van der Waals surface area contributed by atoms with Crippen molar-refractivity contribution in [2.24, 2.45) is 0 Å². The summed E-state index contributed by atoms with van der Waals surface area (Å²) < 4.78 is 18.4. The van der Waals surface area contributed by atoms with E-state index >= 15 is 0 Å². The lowest BCUT2D eigenvalue weighted by molar-refractivity contribution is 0.414. The van der Waals surface area contributed by atoms with Crippen LogP contribution in [-0.2, 0) is 16.6 Å². The molecule has 1 aromatic carbocycles. The minimum absolute atomic E-state index is 0.367. The molecule has 19 heavy (non-hydrogen) atoms. The third-order valence-corrected chi connectivity index (χ3v) is 4.80. The van der Waals surface area contributed by atoms with Crippen LogP contribution in [0.4, 0.5) is 5.69 Å². The van der Waals surface area contributed by atoms with Gasteiger partial charge in [-0.25, -0.2) is 0 Å². The van der Waals surface area contributed by atoms with Gasteiger partial charge in [-0.15, -0.1) is 0 Å². The van der Waals surface area contributed by atoms with Crippen LogP contribution in [0.2, 0.25) is 0 Å². The van der Waals surface area contributed by atoms with E-state index < -0.39 is 10.8 Å². The van der Waals surface area contributed by atoms with E-state index in [2.05, 4.69) is 20.9 Å². The fraction of sp³-hybridized carbons (Fsp3) is 0.154. The van der Waals surface area contributed by atoms with Crippen molar-refractivity contribution in [3.63, 3.8) is 0 Å². The maximum absolute atomic E-state index is 12.3. The highest BCUT2D eigenvalue weighted by atomic mass is 79.9. The zero-order valence-electron chi connectivity index (χ0n) is 10.3. The second kappa shape index (κ2) is 6.16. The molecule has 0 saturated heterocycles. The average molecular weight is 341 g/mol. The summed E-state index contributed by atoms with van der Waals surface area (Å²) in [7, 11) is 0.385. The summed E-state index contributed by atoms with van der Waals surface area (Å²) in [6.45, 7) is 0. The first kappa shape index (κ1) is 14.0. The van der Waals surface area contributed by atoms with Gasteiger partial charge in [-0.2, -0.15) is 0 Å². The Balaban J connectivity index is 2.26. The summed E-state index contributed by atoms with van der Waals surface area (Å²) in [5.41, 5.74) is 7.13. The molecule has 1 atom stereocenters. The summed E-state index contributed by atoms with van der Waals surface area (Å²) in [5, 5.41) is 0. The van der Waals surface area contributed by atoms with Gasteiger partial charge < -0.3 is 10.5 Å². The van der Waals surface area contributed by atoms with Gasteiger partial charge in [0, 0.05) is 10.7 Å². The Kier molecular flexibility index (Phi) is 4.55. The first-order valence-electron chi connectivity index (χ1n) is 5.52. The van der Waals surface area contributed by atoms with Crippen molar-refractivity contribution < 1.29 is 8.95 Å². The third-order valence-electron chi connectivity index (χ3n) is 2.59. The average Bonchev–Trinajstić information content (AvgIpc) is 2.41. The number of anilines is 1. The number of hydrogen-bond donors (Lipinski definition) is 1. The molecule has 0 amide bonds. The van der Waals surface area contributed by atoms with Crippen LogP contribution in [0, 0.1) is 0 Å². The monoisotopic (exact) mass is 340 g/mol.